The zero-order valence-corrected chi connectivity index (χ0v) is 13.8. The van der Waals surface area contributed by atoms with Crippen molar-refractivity contribution in [2.24, 2.45) is 0 Å². The summed E-state index contributed by atoms with van der Waals surface area (Å²) in [4.78, 5) is 4.63. The molecule has 3 rings (SSSR count). The molecule has 0 aliphatic rings. The smallest absolute Gasteiger partial charge is 0.105 e. The molecule has 1 heterocycles. The van der Waals surface area contributed by atoms with E-state index in [-0.39, 0.29) is 0 Å². The van der Waals surface area contributed by atoms with E-state index < -0.39 is 0 Å². The molecule has 0 aliphatic carbocycles. The SMILES string of the molecule is Cc1nc(SCc2ccccc2)c2cc(Cl)ccc2c1Cl. The Kier molecular flexibility index (Phi) is 4.39. The van der Waals surface area contributed by atoms with Crippen LogP contribution in [-0.2, 0) is 5.75 Å². The normalized spacial score (nSPS) is 11.0. The van der Waals surface area contributed by atoms with E-state index in [1.807, 2.05) is 43.3 Å². The number of pyridine rings is 1. The minimum Gasteiger partial charge on any atom is -0.245 e. The highest BCUT2D eigenvalue weighted by atomic mass is 35.5. The Morgan fingerprint density at radius 3 is 2.52 bits per heavy atom. The van der Waals surface area contributed by atoms with Crippen molar-refractivity contribution in [2.75, 3.05) is 0 Å². The fourth-order valence-electron chi connectivity index (χ4n) is 2.18. The van der Waals surface area contributed by atoms with Gasteiger partial charge in [-0.05, 0) is 24.6 Å². The Morgan fingerprint density at radius 1 is 1.00 bits per heavy atom. The van der Waals surface area contributed by atoms with Crippen LogP contribution in [0.25, 0.3) is 10.8 Å². The van der Waals surface area contributed by atoms with Crippen molar-refractivity contribution in [3.8, 4) is 0 Å². The summed E-state index contributed by atoms with van der Waals surface area (Å²) in [6.07, 6.45) is 0. The van der Waals surface area contributed by atoms with Crippen molar-refractivity contribution in [3.63, 3.8) is 0 Å². The number of halogens is 2. The number of benzene rings is 2. The molecule has 0 N–H and O–H groups in total. The quantitative estimate of drug-likeness (QED) is 0.533. The standard InChI is InChI=1S/C17H13Cl2NS/c1-11-16(19)14-8-7-13(18)9-15(14)17(20-11)21-10-12-5-3-2-4-6-12/h2-9H,10H2,1H3. The van der Waals surface area contributed by atoms with Gasteiger partial charge in [0, 0.05) is 21.5 Å². The molecule has 0 bridgehead atoms. The topological polar surface area (TPSA) is 12.9 Å². The molecular formula is C17H13Cl2NS. The molecule has 0 saturated heterocycles. The number of fused-ring (bicyclic) bond motifs is 1. The first-order valence-electron chi connectivity index (χ1n) is 6.57. The predicted molar refractivity (Wildman–Crippen MR) is 92.5 cm³/mol. The molecule has 1 nitrogen and oxygen atoms in total. The van der Waals surface area contributed by atoms with Crippen LogP contribution in [0.2, 0.25) is 10.0 Å². The van der Waals surface area contributed by atoms with Gasteiger partial charge in [-0.25, -0.2) is 4.98 Å². The lowest BCUT2D eigenvalue weighted by molar-refractivity contribution is 1.10. The molecule has 4 heteroatoms. The van der Waals surface area contributed by atoms with Crippen molar-refractivity contribution in [3.05, 3.63) is 69.8 Å². The monoisotopic (exact) mass is 333 g/mol. The second kappa shape index (κ2) is 6.27. The van der Waals surface area contributed by atoms with E-state index in [0.717, 1.165) is 27.2 Å². The van der Waals surface area contributed by atoms with Gasteiger partial charge in [-0.15, -0.1) is 11.8 Å². The van der Waals surface area contributed by atoms with Crippen LogP contribution in [0.1, 0.15) is 11.3 Å². The van der Waals surface area contributed by atoms with Crippen molar-refractivity contribution < 1.29 is 0 Å². The summed E-state index contributed by atoms with van der Waals surface area (Å²) in [5, 5.41) is 4.39. The second-order valence-corrected chi connectivity index (χ2v) is 6.56. The van der Waals surface area contributed by atoms with E-state index in [2.05, 4.69) is 17.1 Å². The summed E-state index contributed by atoms with van der Waals surface area (Å²) in [6, 6.07) is 16.1. The minimum absolute atomic E-state index is 0.700. The Hall–Kier alpha value is -1.22. The maximum Gasteiger partial charge on any atom is 0.105 e. The molecule has 1 aromatic heterocycles. The fraction of sp³-hybridized carbons (Fsp3) is 0.118. The lowest BCUT2D eigenvalue weighted by Gasteiger charge is -2.10. The van der Waals surface area contributed by atoms with Crippen LogP contribution in [0.15, 0.2) is 53.6 Å². The van der Waals surface area contributed by atoms with E-state index in [4.69, 9.17) is 23.2 Å². The molecule has 0 aliphatic heterocycles. The summed E-state index contributed by atoms with van der Waals surface area (Å²) < 4.78 is 0. The first-order valence-corrected chi connectivity index (χ1v) is 8.31. The predicted octanol–water partition coefficient (Wildman–Crippen LogP) is 6.14. The molecule has 0 atom stereocenters. The summed E-state index contributed by atoms with van der Waals surface area (Å²) >= 11 is 14.2. The van der Waals surface area contributed by atoms with E-state index >= 15 is 0 Å². The molecule has 0 spiro atoms. The third-order valence-corrected chi connectivity index (χ3v) is 5.03. The minimum atomic E-state index is 0.700. The van der Waals surface area contributed by atoms with Gasteiger partial charge in [0.25, 0.3) is 0 Å². The molecule has 0 unspecified atom stereocenters. The Labute approximate surface area is 138 Å². The van der Waals surface area contributed by atoms with Gasteiger partial charge >= 0.3 is 0 Å². The maximum atomic E-state index is 6.35. The second-order valence-electron chi connectivity index (χ2n) is 4.78. The van der Waals surface area contributed by atoms with Gasteiger partial charge in [-0.3, -0.25) is 0 Å². The van der Waals surface area contributed by atoms with Crippen molar-refractivity contribution >= 4 is 45.7 Å². The van der Waals surface area contributed by atoms with E-state index in [9.17, 15) is 0 Å². The van der Waals surface area contributed by atoms with Crippen LogP contribution in [0.3, 0.4) is 0 Å². The van der Waals surface area contributed by atoms with E-state index in [0.29, 0.717) is 10.0 Å². The summed E-state index contributed by atoms with van der Waals surface area (Å²) in [6.45, 7) is 1.93. The highest BCUT2D eigenvalue weighted by Gasteiger charge is 2.11. The zero-order valence-electron chi connectivity index (χ0n) is 11.4. The number of hydrogen-bond acceptors (Lipinski definition) is 2. The summed E-state index contributed by atoms with van der Waals surface area (Å²) in [5.41, 5.74) is 2.12. The Bertz CT molecular complexity index is 788. The van der Waals surface area contributed by atoms with Crippen molar-refractivity contribution in [1.29, 1.82) is 0 Å². The van der Waals surface area contributed by atoms with Crippen LogP contribution in [-0.4, -0.2) is 4.98 Å². The number of hydrogen-bond donors (Lipinski definition) is 0. The molecule has 21 heavy (non-hydrogen) atoms. The van der Waals surface area contributed by atoms with Crippen LogP contribution in [0.5, 0.6) is 0 Å². The molecule has 106 valence electrons. The van der Waals surface area contributed by atoms with Gasteiger partial charge < -0.3 is 0 Å². The van der Waals surface area contributed by atoms with Crippen molar-refractivity contribution in [1.82, 2.24) is 4.98 Å². The third-order valence-electron chi connectivity index (χ3n) is 3.25. The fourth-order valence-corrected chi connectivity index (χ4v) is 3.58. The average Bonchev–Trinajstić information content (AvgIpc) is 2.50. The maximum absolute atomic E-state index is 6.35. The van der Waals surface area contributed by atoms with E-state index in [1.54, 1.807) is 11.8 Å². The Balaban J connectivity index is 2.01. The van der Waals surface area contributed by atoms with Gasteiger partial charge in [0.05, 0.1) is 10.7 Å². The van der Waals surface area contributed by atoms with Gasteiger partial charge in [0.1, 0.15) is 5.03 Å². The molecule has 3 aromatic rings. The average molecular weight is 334 g/mol. The Morgan fingerprint density at radius 2 is 1.76 bits per heavy atom. The number of aromatic nitrogens is 1. The molecular weight excluding hydrogens is 321 g/mol. The molecule has 0 amide bonds. The largest absolute Gasteiger partial charge is 0.245 e. The third kappa shape index (κ3) is 3.18. The number of nitrogens with zero attached hydrogens (tertiary/aromatic N) is 1. The zero-order chi connectivity index (χ0) is 14.8. The summed E-state index contributed by atoms with van der Waals surface area (Å²) in [5.74, 6) is 0.872. The lowest BCUT2D eigenvalue weighted by atomic mass is 10.1. The van der Waals surface area contributed by atoms with E-state index in [1.165, 1.54) is 5.56 Å². The number of rotatable bonds is 3. The molecule has 0 fully saturated rings. The summed E-state index contributed by atoms with van der Waals surface area (Å²) in [7, 11) is 0. The molecule has 0 saturated carbocycles. The highest BCUT2D eigenvalue weighted by Crippen LogP contribution is 2.35. The molecule has 0 radical (unpaired) electrons. The van der Waals surface area contributed by atoms with Gasteiger partial charge in [-0.2, -0.15) is 0 Å². The van der Waals surface area contributed by atoms with Crippen LogP contribution in [0.4, 0.5) is 0 Å². The molecule has 2 aromatic carbocycles. The number of aryl methyl sites for hydroxylation is 1. The van der Waals surface area contributed by atoms with Crippen LogP contribution >= 0.6 is 35.0 Å². The van der Waals surface area contributed by atoms with Crippen LogP contribution < -0.4 is 0 Å². The highest BCUT2D eigenvalue weighted by molar-refractivity contribution is 7.98. The lowest BCUT2D eigenvalue weighted by Crippen LogP contribution is -1.91. The van der Waals surface area contributed by atoms with Crippen molar-refractivity contribution in [2.45, 2.75) is 17.7 Å². The van der Waals surface area contributed by atoms with Gasteiger partial charge in [0.15, 0.2) is 0 Å². The number of thioether (sulfide) groups is 1. The first-order chi connectivity index (χ1) is 10.1. The first kappa shape index (κ1) is 14.7. The van der Waals surface area contributed by atoms with Crippen LogP contribution in [0, 0.1) is 6.92 Å². The van der Waals surface area contributed by atoms with Gasteiger partial charge in [-0.1, -0.05) is 59.6 Å². The van der Waals surface area contributed by atoms with Gasteiger partial charge in [0.2, 0.25) is 0 Å².